The SMILES string of the molecule is Cc1c(O)cc(O)c2c1CC(C)OC2=O. The number of rotatable bonds is 0. The Morgan fingerprint density at radius 1 is 1.40 bits per heavy atom. The molecule has 1 aromatic rings. The van der Waals surface area contributed by atoms with Crippen molar-refractivity contribution < 1.29 is 19.7 Å². The van der Waals surface area contributed by atoms with Gasteiger partial charge < -0.3 is 14.9 Å². The molecule has 80 valence electrons. The van der Waals surface area contributed by atoms with Crippen LogP contribution in [0.2, 0.25) is 0 Å². The van der Waals surface area contributed by atoms with Gasteiger partial charge in [0.25, 0.3) is 0 Å². The van der Waals surface area contributed by atoms with Crippen LogP contribution in [0, 0.1) is 6.92 Å². The Labute approximate surface area is 87.1 Å². The standard InChI is InChI=1S/C11H12O4/c1-5-3-7-6(2)8(12)4-9(13)10(7)11(14)15-5/h4-5,12-13H,3H2,1-2H3. The minimum absolute atomic E-state index is 0.00755. The van der Waals surface area contributed by atoms with Crippen LogP contribution in [-0.4, -0.2) is 22.3 Å². The number of phenolic OH excluding ortho intramolecular Hbond substituents is 2. The van der Waals surface area contributed by atoms with Crippen molar-refractivity contribution in [3.8, 4) is 11.5 Å². The van der Waals surface area contributed by atoms with E-state index in [-0.39, 0.29) is 23.2 Å². The Morgan fingerprint density at radius 3 is 2.73 bits per heavy atom. The summed E-state index contributed by atoms with van der Waals surface area (Å²) in [5.41, 5.74) is 1.49. The number of cyclic esters (lactones) is 1. The van der Waals surface area contributed by atoms with Crippen LogP contribution in [0.15, 0.2) is 6.07 Å². The summed E-state index contributed by atoms with van der Waals surface area (Å²) in [6, 6.07) is 1.17. The number of aromatic hydroxyl groups is 2. The molecule has 0 spiro atoms. The number of carbonyl (C=O) groups is 1. The minimum Gasteiger partial charge on any atom is -0.508 e. The van der Waals surface area contributed by atoms with Gasteiger partial charge >= 0.3 is 5.97 Å². The maximum absolute atomic E-state index is 11.5. The van der Waals surface area contributed by atoms with Crippen LogP contribution in [0.3, 0.4) is 0 Å². The second-order valence-electron chi connectivity index (χ2n) is 3.81. The number of ether oxygens (including phenoxy) is 1. The summed E-state index contributed by atoms with van der Waals surface area (Å²) in [6.45, 7) is 3.50. The second kappa shape index (κ2) is 3.15. The Kier molecular flexibility index (Phi) is 2.07. The van der Waals surface area contributed by atoms with E-state index in [1.165, 1.54) is 6.07 Å². The number of benzene rings is 1. The summed E-state index contributed by atoms with van der Waals surface area (Å²) in [7, 11) is 0. The van der Waals surface area contributed by atoms with Gasteiger partial charge in [0.2, 0.25) is 0 Å². The number of esters is 1. The molecule has 1 aliphatic rings. The van der Waals surface area contributed by atoms with E-state index in [1.807, 2.05) is 0 Å². The maximum atomic E-state index is 11.5. The highest BCUT2D eigenvalue weighted by molar-refractivity contribution is 5.96. The second-order valence-corrected chi connectivity index (χ2v) is 3.81. The molecule has 2 N–H and O–H groups in total. The van der Waals surface area contributed by atoms with E-state index < -0.39 is 5.97 Å². The third-order valence-electron chi connectivity index (χ3n) is 2.67. The van der Waals surface area contributed by atoms with Gasteiger partial charge in [-0.3, -0.25) is 0 Å². The molecule has 0 aromatic heterocycles. The van der Waals surface area contributed by atoms with Gasteiger partial charge in [0.05, 0.1) is 0 Å². The molecule has 1 unspecified atom stereocenters. The van der Waals surface area contributed by atoms with Crippen LogP contribution >= 0.6 is 0 Å². The summed E-state index contributed by atoms with van der Waals surface area (Å²) in [6.07, 6.45) is 0.305. The third kappa shape index (κ3) is 1.42. The van der Waals surface area contributed by atoms with Gasteiger partial charge in [0, 0.05) is 12.5 Å². The third-order valence-corrected chi connectivity index (χ3v) is 2.67. The van der Waals surface area contributed by atoms with Crippen molar-refractivity contribution in [2.45, 2.75) is 26.4 Å². The zero-order valence-corrected chi connectivity index (χ0v) is 8.57. The van der Waals surface area contributed by atoms with Crippen molar-refractivity contribution in [1.82, 2.24) is 0 Å². The molecule has 0 amide bonds. The first kappa shape index (κ1) is 9.83. The van der Waals surface area contributed by atoms with Crippen LogP contribution in [0.25, 0.3) is 0 Å². The average molecular weight is 208 g/mol. The molecule has 1 aliphatic heterocycles. The van der Waals surface area contributed by atoms with E-state index in [0.29, 0.717) is 17.5 Å². The molecule has 15 heavy (non-hydrogen) atoms. The van der Waals surface area contributed by atoms with Crippen LogP contribution < -0.4 is 0 Å². The fraction of sp³-hybridized carbons (Fsp3) is 0.364. The van der Waals surface area contributed by atoms with Gasteiger partial charge in [-0.2, -0.15) is 0 Å². The Morgan fingerprint density at radius 2 is 2.07 bits per heavy atom. The number of carbonyl (C=O) groups excluding carboxylic acids is 1. The van der Waals surface area contributed by atoms with E-state index in [1.54, 1.807) is 13.8 Å². The summed E-state index contributed by atoms with van der Waals surface area (Å²) < 4.78 is 5.01. The molecule has 0 fully saturated rings. The number of fused-ring (bicyclic) bond motifs is 1. The molecular formula is C11H12O4. The lowest BCUT2D eigenvalue weighted by Gasteiger charge is -2.24. The van der Waals surface area contributed by atoms with Gasteiger partial charge in [-0.05, 0) is 25.0 Å². The molecule has 0 saturated carbocycles. The van der Waals surface area contributed by atoms with E-state index in [0.717, 1.165) is 0 Å². The average Bonchev–Trinajstić information content (AvgIpc) is 2.12. The lowest BCUT2D eigenvalue weighted by Crippen LogP contribution is -2.26. The van der Waals surface area contributed by atoms with Crippen LogP contribution in [0.1, 0.15) is 28.4 Å². The first-order valence-electron chi connectivity index (χ1n) is 4.76. The Hall–Kier alpha value is -1.71. The summed E-state index contributed by atoms with van der Waals surface area (Å²) >= 11 is 0. The predicted molar refractivity (Wildman–Crippen MR) is 53.1 cm³/mol. The molecule has 4 nitrogen and oxygen atoms in total. The Bertz CT molecular complexity index is 437. The lowest BCUT2D eigenvalue weighted by molar-refractivity contribution is 0.0296. The van der Waals surface area contributed by atoms with Crippen molar-refractivity contribution in [2.75, 3.05) is 0 Å². The predicted octanol–water partition coefficient (Wildman–Crippen LogP) is 1.51. The molecule has 0 aliphatic carbocycles. The van der Waals surface area contributed by atoms with Crippen molar-refractivity contribution in [1.29, 1.82) is 0 Å². The van der Waals surface area contributed by atoms with Gasteiger partial charge in [0.15, 0.2) is 0 Å². The van der Waals surface area contributed by atoms with E-state index in [9.17, 15) is 15.0 Å². The molecule has 1 aromatic carbocycles. The molecule has 0 radical (unpaired) electrons. The van der Waals surface area contributed by atoms with E-state index in [2.05, 4.69) is 0 Å². The summed E-state index contributed by atoms with van der Waals surface area (Å²) in [5.74, 6) is -0.734. The lowest BCUT2D eigenvalue weighted by atomic mass is 9.93. The van der Waals surface area contributed by atoms with Crippen molar-refractivity contribution >= 4 is 5.97 Å². The molecular weight excluding hydrogens is 196 g/mol. The number of phenols is 2. The van der Waals surface area contributed by atoms with Crippen LogP contribution in [0.5, 0.6) is 11.5 Å². The smallest absolute Gasteiger partial charge is 0.342 e. The van der Waals surface area contributed by atoms with Crippen molar-refractivity contribution in [3.05, 3.63) is 22.8 Å². The molecule has 1 atom stereocenters. The highest BCUT2D eigenvalue weighted by atomic mass is 16.5. The minimum atomic E-state index is -0.524. The van der Waals surface area contributed by atoms with E-state index in [4.69, 9.17) is 4.74 Å². The highest BCUT2D eigenvalue weighted by Gasteiger charge is 2.29. The summed E-state index contributed by atoms with van der Waals surface area (Å²) in [5, 5.41) is 19.1. The molecule has 0 bridgehead atoms. The number of hydrogen-bond acceptors (Lipinski definition) is 4. The first-order chi connectivity index (χ1) is 7.00. The van der Waals surface area contributed by atoms with Crippen LogP contribution in [0.4, 0.5) is 0 Å². The van der Waals surface area contributed by atoms with Gasteiger partial charge in [-0.15, -0.1) is 0 Å². The van der Waals surface area contributed by atoms with Crippen molar-refractivity contribution in [2.24, 2.45) is 0 Å². The monoisotopic (exact) mass is 208 g/mol. The van der Waals surface area contributed by atoms with E-state index >= 15 is 0 Å². The molecule has 0 saturated heterocycles. The molecule has 1 heterocycles. The van der Waals surface area contributed by atoms with Gasteiger partial charge in [0.1, 0.15) is 23.2 Å². The molecule has 2 rings (SSSR count). The fourth-order valence-corrected chi connectivity index (χ4v) is 1.86. The van der Waals surface area contributed by atoms with Crippen molar-refractivity contribution in [3.63, 3.8) is 0 Å². The quantitative estimate of drug-likeness (QED) is 0.634. The zero-order chi connectivity index (χ0) is 11.2. The summed E-state index contributed by atoms with van der Waals surface area (Å²) in [4.78, 5) is 11.5. The zero-order valence-electron chi connectivity index (χ0n) is 8.57. The largest absolute Gasteiger partial charge is 0.508 e. The normalized spacial score (nSPS) is 19.6. The highest BCUT2D eigenvalue weighted by Crippen LogP contribution is 2.35. The Balaban J connectivity index is 2.69. The first-order valence-corrected chi connectivity index (χ1v) is 4.76. The van der Waals surface area contributed by atoms with Gasteiger partial charge in [-0.25, -0.2) is 4.79 Å². The maximum Gasteiger partial charge on any atom is 0.342 e. The van der Waals surface area contributed by atoms with Gasteiger partial charge in [-0.1, -0.05) is 0 Å². The number of hydrogen-bond donors (Lipinski definition) is 2. The van der Waals surface area contributed by atoms with Crippen LogP contribution in [-0.2, 0) is 11.2 Å². The molecule has 4 heteroatoms. The topological polar surface area (TPSA) is 66.8 Å². The fourth-order valence-electron chi connectivity index (χ4n) is 1.86.